The van der Waals surface area contributed by atoms with Gasteiger partial charge in [-0.2, -0.15) is 13.2 Å². The lowest BCUT2D eigenvalue weighted by Gasteiger charge is -2.43. The molecule has 7 nitrogen and oxygen atoms in total. The smallest absolute Gasteiger partial charge is 0.394 e. The van der Waals surface area contributed by atoms with E-state index in [-0.39, 0.29) is 23.6 Å². The summed E-state index contributed by atoms with van der Waals surface area (Å²) in [5.74, 6) is -5.59. The van der Waals surface area contributed by atoms with Gasteiger partial charge in [-0.25, -0.2) is 23.1 Å². The zero-order valence-electron chi connectivity index (χ0n) is 19.4. The molecule has 0 bridgehead atoms. The Kier molecular flexibility index (Phi) is 7.89. The van der Waals surface area contributed by atoms with E-state index in [4.69, 9.17) is 5.73 Å². The van der Waals surface area contributed by atoms with E-state index in [2.05, 4.69) is 20.3 Å². The number of amides is 1. The number of aliphatic imine (C=N–C) groups is 1. The van der Waals surface area contributed by atoms with Crippen LogP contribution < -0.4 is 11.1 Å². The number of carbonyl (C=O) groups excluding carboxylic acids is 1. The third kappa shape index (κ3) is 6.32. The Hall–Kier alpha value is -3.64. The number of hydrogen-bond acceptors (Lipinski definition) is 6. The predicted octanol–water partition coefficient (Wildman–Crippen LogP) is 3.99. The standard InChI is InChI=1S/C23H24F6N6O/c1-13-7-22(25,26)12-35(18(13)11-34-21-32-8-15(9-33-21)23(27,28)29)20(36)19(30)17(10-31-2)14-4-3-5-16(24)6-14/h3-6,8-10,13,18H,7,11-12,30H2,1-2H3,(H,32,33,34). The third-order valence-corrected chi connectivity index (χ3v) is 5.70. The number of nitrogens with zero attached hydrogens (tertiary/aromatic N) is 4. The molecule has 13 heteroatoms. The third-order valence-electron chi connectivity index (χ3n) is 5.70. The highest BCUT2D eigenvalue weighted by molar-refractivity contribution is 6.18. The number of likely N-dealkylation sites (tertiary alicyclic amines) is 1. The van der Waals surface area contributed by atoms with Gasteiger partial charge in [-0.3, -0.25) is 9.79 Å². The molecular formula is C23H24F6N6O. The highest BCUT2D eigenvalue weighted by Gasteiger charge is 2.46. The van der Waals surface area contributed by atoms with E-state index in [9.17, 15) is 31.1 Å². The Labute approximate surface area is 203 Å². The molecular weight excluding hydrogens is 490 g/mol. The predicted molar refractivity (Wildman–Crippen MR) is 122 cm³/mol. The zero-order valence-corrected chi connectivity index (χ0v) is 19.4. The molecule has 1 saturated heterocycles. The minimum absolute atomic E-state index is 0.0568. The van der Waals surface area contributed by atoms with E-state index < -0.39 is 60.0 Å². The van der Waals surface area contributed by atoms with Crippen LogP contribution in [0.4, 0.5) is 32.3 Å². The van der Waals surface area contributed by atoms with Crippen molar-refractivity contribution in [2.45, 2.75) is 31.5 Å². The fraction of sp³-hybridized carbons (Fsp3) is 0.391. The first-order valence-electron chi connectivity index (χ1n) is 10.8. The van der Waals surface area contributed by atoms with Gasteiger partial charge in [0.2, 0.25) is 5.95 Å². The second-order valence-corrected chi connectivity index (χ2v) is 8.44. The van der Waals surface area contributed by atoms with E-state index in [0.29, 0.717) is 12.4 Å². The van der Waals surface area contributed by atoms with Crippen molar-refractivity contribution in [2.24, 2.45) is 16.6 Å². The number of nitrogens with two attached hydrogens (primary N) is 1. The van der Waals surface area contributed by atoms with Crippen molar-refractivity contribution in [3.8, 4) is 0 Å². The topological polar surface area (TPSA) is 96.5 Å². The zero-order chi connectivity index (χ0) is 26.7. The van der Waals surface area contributed by atoms with Crippen molar-refractivity contribution in [2.75, 3.05) is 25.5 Å². The van der Waals surface area contributed by atoms with Crippen molar-refractivity contribution in [3.05, 3.63) is 59.3 Å². The maximum atomic E-state index is 14.5. The van der Waals surface area contributed by atoms with Gasteiger partial charge in [-0.05, 0) is 23.6 Å². The maximum absolute atomic E-state index is 14.5. The molecule has 1 fully saturated rings. The van der Waals surface area contributed by atoms with Crippen LogP contribution in [0.5, 0.6) is 0 Å². The Bertz CT molecular complexity index is 1150. The van der Waals surface area contributed by atoms with Crippen LogP contribution in [0.1, 0.15) is 24.5 Å². The number of rotatable bonds is 6. The monoisotopic (exact) mass is 514 g/mol. The molecule has 3 N–H and O–H groups in total. The summed E-state index contributed by atoms with van der Waals surface area (Å²) in [7, 11) is 1.41. The number of carbonyl (C=O) groups is 1. The molecule has 194 valence electrons. The summed E-state index contributed by atoms with van der Waals surface area (Å²) in [6.07, 6.45) is -2.72. The first-order valence-corrected chi connectivity index (χ1v) is 10.8. The van der Waals surface area contributed by atoms with Gasteiger partial charge in [0.1, 0.15) is 11.5 Å². The number of aromatic nitrogens is 2. The van der Waals surface area contributed by atoms with Crippen LogP contribution in [0.25, 0.3) is 5.57 Å². The van der Waals surface area contributed by atoms with Crippen molar-refractivity contribution in [3.63, 3.8) is 0 Å². The molecule has 2 aromatic rings. The van der Waals surface area contributed by atoms with Crippen LogP contribution in [0.3, 0.4) is 0 Å². The van der Waals surface area contributed by atoms with E-state index in [1.807, 2.05) is 0 Å². The average molecular weight is 514 g/mol. The molecule has 1 aromatic carbocycles. The van der Waals surface area contributed by atoms with Gasteiger partial charge in [0.05, 0.1) is 18.2 Å². The summed E-state index contributed by atoms with van der Waals surface area (Å²) >= 11 is 0. The first kappa shape index (κ1) is 27.0. The lowest BCUT2D eigenvalue weighted by molar-refractivity contribution is -0.148. The van der Waals surface area contributed by atoms with Gasteiger partial charge in [0, 0.05) is 44.2 Å². The van der Waals surface area contributed by atoms with Crippen LogP contribution in [0.15, 0.2) is 47.3 Å². The fourth-order valence-corrected chi connectivity index (χ4v) is 4.00. The Morgan fingerprint density at radius 2 is 1.97 bits per heavy atom. The fourth-order valence-electron chi connectivity index (χ4n) is 4.00. The van der Waals surface area contributed by atoms with Crippen LogP contribution in [0, 0.1) is 11.7 Å². The van der Waals surface area contributed by atoms with E-state index >= 15 is 0 Å². The van der Waals surface area contributed by atoms with E-state index in [1.165, 1.54) is 38.4 Å². The highest BCUT2D eigenvalue weighted by atomic mass is 19.4. The van der Waals surface area contributed by atoms with Crippen LogP contribution in [0.2, 0.25) is 0 Å². The van der Waals surface area contributed by atoms with Gasteiger partial charge in [0.25, 0.3) is 11.8 Å². The molecule has 2 heterocycles. The van der Waals surface area contributed by atoms with Crippen molar-refractivity contribution in [1.29, 1.82) is 0 Å². The van der Waals surface area contributed by atoms with E-state index in [1.54, 1.807) is 0 Å². The summed E-state index contributed by atoms with van der Waals surface area (Å²) < 4.78 is 80.9. The van der Waals surface area contributed by atoms with Crippen LogP contribution in [-0.4, -0.2) is 59.1 Å². The summed E-state index contributed by atoms with van der Waals surface area (Å²) in [4.78, 5) is 25.3. The number of halogens is 6. The molecule has 0 saturated carbocycles. The summed E-state index contributed by atoms with van der Waals surface area (Å²) in [6, 6.07) is 4.40. The number of benzene rings is 1. The second-order valence-electron chi connectivity index (χ2n) is 8.44. The normalized spacial score (nSPS) is 20.8. The molecule has 0 radical (unpaired) electrons. The van der Waals surface area contributed by atoms with Gasteiger partial charge >= 0.3 is 6.18 Å². The Morgan fingerprint density at radius 1 is 1.31 bits per heavy atom. The SMILES string of the molecule is CN=CC(=C(N)C(=O)N1CC(F)(F)CC(C)C1CNc1ncc(C(F)(F)F)cn1)c1cccc(F)c1. The summed E-state index contributed by atoms with van der Waals surface area (Å²) in [5.41, 5.74) is 4.93. The van der Waals surface area contributed by atoms with Crippen molar-refractivity contribution < 1.29 is 31.1 Å². The number of nitrogens with one attached hydrogen (secondary N) is 1. The molecule has 1 aliphatic heterocycles. The minimum atomic E-state index is -4.61. The van der Waals surface area contributed by atoms with Crippen LogP contribution in [-0.2, 0) is 11.0 Å². The average Bonchev–Trinajstić information content (AvgIpc) is 2.80. The Balaban J connectivity index is 1.90. The number of hydrogen-bond donors (Lipinski definition) is 2. The molecule has 3 rings (SSSR count). The molecule has 1 aromatic heterocycles. The molecule has 1 aliphatic rings. The minimum Gasteiger partial charge on any atom is -0.394 e. The van der Waals surface area contributed by atoms with Gasteiger partial charge in [0.15, 0.2) is 0 Å². The number of alkyl halides is 5. The maximum Gasteiger partial charge on any atom is 0.419 e. The Morgan fingerprint density at radius 3 is 2.56 bits per heavy atom. The largest absolute Gasteiger partial charge is 0.419 e. The van der Waals surface area contributed by atoms with Gasteiger partial charge in [-0.1, -0.05) is 19.1 Å². The summed E-state index contributed by atoms with van der Waals surface area (Å²) in [6.45, 7) is 0.462. The molecule has 1 amide bonds. The van der Waals surface area contributed by atoms with Gasteiger partial charge < -0.3 is 16.0 Å². The van der Waals surface area contributed by atoms with Crippen molar-refractivity contribution in [1.82, 2.24) is 14.9 Å². The molecule has 2 unspecified atom stereocenters. The number of allylic oxidation sites excluding steroid dienone is 1. The van der Waals surface area contributed by atoms with Gasteiger partial charge in [-0.15, -0.1) is 0 Å². The number of piperidine rings is 1. The molecule has 0 spiro atoms. The molecule has 36 heavy (non-hydrogen) atoms. The lowest BCUT2D eigenvalue weighted by atomic mass is 9.88. The first-order chi connectivity index (χ1) is 16.8. The molecule has 0 aliphatic carbocycles. The lowest BCUT2D eigenvalue weighted by Crippen LogP contribution is -2.58. The number of anilines is 1. The molecule has 2 atom stereocenters. The van der Waals surface area contributed by atoms with Crippen molar-refractivity contribution >= 4 is 23.6 Å². The van der Waals surface area contributed by atoms with E-state index in [0.717, 1.165) is 11.0 Å². The summed E-state index contributed by atoms with van der Waals surface area (Å²) in [5, 5.41) is 2.71. The highest BCUT2D eigenvalue weighted by Crippen LogP contribution is 2.35. The quantitative estimate of drug-likeness (QED) is 0.345. The second kappa shape index (κ2) is 10.5. The van der Waals surface area contributed by atoms with Crippen LogP contribution >= 0.6 is 0 Å².